The molecule has 0 spiro atoms. The SMILES string of the molecule is CCCc1cc(NCC)c2cccc(OCC)c2n1. The highest BCUT2D eigenvalue weighted by atomic mass is 16.5. The lowest BCUT2D eigenvalue weighted by Crippen LogP contribution is -2.02. The minimum absolute atomic E-state index is 0.662. The van der Waals surface area contributed by atoms with E-state index < -0.39 is 0 Å². The molecular formula is C16H22N2O. The lowest BCUT2D eigenvalue weighted by Gasteiger charge is -2.13. The Morgan fingerprint density at radius 1 is 1.21 bits per heavy atom. The molecule has 0 radical (unpaired) electrons. The van der Waals surface area contributed by atoms with Gasteiger partial charge in [-0.2, -0.15) is 0 Å². The summed E-state index contributed by atoms with van der Waals surface area (Å²) in [6.45, 7) is 7.85. The summed E-state index contributed by atoms with van der Waals surface area (Å²) >= 11 is 0. The fourth-order valence-electron chi connectivity index (χ4n) is 2.27. The smallest absolute Gasteiger partial charge is 0.145 e. The first-order chi connectivity index (χ1) is 9.30. The zero-order valence-electron chi connectivity index (χ0n) is 12.0. The number of rotatable bonds is 6. The number of hydrogen-bond donors (Lipinski definition) is 1. The number of pyridine rings is 1. The molecule has 0 amide bonds. The van der Waals surface area contributed by atoms with Gasteiger partial charge in [-0.15, -0.1) is 0 Å². The van der Waals surface area contributed by atoms with Crippen LogP contribution in [-0.4, -0.2) is 18.1 Å². The van der Waals surface area contributed by atoms with Crippen LogP contribution in [0.4, 0.5) is 5.69 Å². The van der Waals surface area contributed by atoms with Crippen molar-refractivity contribution in [2.75, 3.05) is 18.5 Å². The van der Waals surface area contributed by atoms with E-state index in [0.29, 0.717) is 6.61 Å². The van der Waals surface area contributed by atoms with Crippen molar-refractivity contribution < 1.29 is 4.74 Å². The van der Waals surface area contributed by atoms with E-state index in [1.165, 1.54) is 0 Å². The van der Waals surface area contributed by atoms with Crippen LogP contribution in [0.1, 0.15) is 32.9 Å². The molecule has 0 saturated heterocycles. The van der Waals surface area contributed by atoms with E-state index in [-0.39, 0.29) is 0 Å². The second kappa shape index (κ2) is 6.41. The van der Waals surface area contributed by atoms with E-state index in [4.69, 9.17) is 9.72 Å². The van der Waals surface area contributed by atoms with Gasteiger partial charge in [0.05, 0.1) is 6.61 Å². The van der Waals surface area contributed by atoms with E-state index in [0.717, 1.165) is 47.4 Å². The van der Waals surface area contributed by atoms with Gasteiger partial charge in [0.1, 0.15) is 11.3 Å². The molecule has 0 aliphatic rings. The maximum absolute atomic E-state index is 5.70. The molecule has 1 aromatic carbocycles. The highest BCUT2D eigenvalue weighted by Crippen LogP contribution is 2.30. The topological polar surface area (TPSA) is 34.1 Å². The molecule has 0 aliphatic heterocycles. The maximum Gasteiger partial charge on any atom is 0.145 e. The number of anilines is 1. The zero-order chi connectivity index (χ0) is 13.7. The molecule has 1 N–H and O–H groups in total. The average Bonchev–Trinajstić information content (AvgIpc) is 2.41. The van der Waals surface area contributed by atoms with Crippen molar-refractivity contribution in [1.82, 2.24) is 4.98 Å². The van der Waals surface area contributed by atoms with Gasteiger partial charge in [-0.25, -0.2) is 4.98 Å². The van der Waals surface area contributed by atoms with Gasteiger partial charge in [0.15, 0.2) is 0 Å². The van der Waals surface area contributed by atoms with E-state index in [1.54, 1.807) is 0 Å². The average molecular weight is 258 g/mol. The Hall–Kier alpha value is -1.77. The largest absolute Gasteiger partial charge is 0.492 e. The number of hydrogen-bond acceptors (Lipinski definition) is 3. The Labute approximate surface area is 115 Å². The number of aromatic nitrogens is 1. The number of aryl methyl sites for hydroxylation is 1. The molecule has 3 nitrogen and oxygen atoms in total. The first-order valence-electron chi connectivity index (χ1n) is 7.09. The number of para-hydroxylation sites is 1. The van der Waals surface area contributed by atoms with Crippen LogP contribution in [0.5, 0.6) is 5.75 Å². The molecule has 0 atom stereocenters. The fraction of sp³-hybridized carbons (Fsp3) is 0.438. The van der Waals surface area contributed by atoms with Gasteiger partial charge in [-0.3, -0.25) is 0 Å². The predicted molar refractivity (Wildman–Crippen MR) is 81.1 cm³/mol. The van der Waals surface area contributed by atoms with E-state index in [2.05, 4.69) is 31.3 Å². The summed E-state index contributed by atoms with van der Waals surface area (Å²) in [6, 6.07) is 8.27. The number of benzene rings is 1. The van der Waals surface area contributed by atoms with Crippen molar-refractivity contribution in [2.45, 2.75) is 33.6 Å². The Bertz CT molecular complexity index is 552. The van der Waals surface area contributed by atoms with Gasteiger partial charge in [0, 0.05) is 23.3 Å². The van der Waals surface area contributed by atoms with Crippen molar-refractivity contribution in [3.8, 4) is 5.75 Å². The van der Waals surface area contributed by atoms with Gasteiger partial charge < -0.3 is 10.1 Å². The molecule has 102 valence electrons. The van der Waals surface area contributed by atoms with Crippen molar-refractivity contribution in [3.05, 3.63) is 30.0 Å². The summed E-state index contributed by atoms with van der Waals surface area (Å²) in [5, 5.41) is 4.56. The monoisotopic (exact) mass is 258 g/mol. The van der Waals surface area contributed by atoms with Gasteiger partial charge in [-0.1, -0.05) is 25.5 Å². The summed E-state index contributed by atoms with van der Waals surface area (Å²) in [5.74, 6) is 0.872. The Kier molecular flexibility index (Phi) is 4.61. The summed E-state index contributed by atoms with van der Waals surface area (Å²) in [6.07, 6.45) is 2.09. The molecule has 2 aromatic rings. The highest BCUT2D eigenvalue weighted by molar-refractivity contribution is 5.95. The minimum Gasteiger partial charge on any atom is -0.492 e. The normalized spacial score (nSPS) is 10.7. The highest BCUT2D eigenvalue weighted by Gasteiger charge is 2.09. The third kappa shape index (κ3) is 2.98. The fourth-order valence-corrected chi connectivity index (χ4v) is 2.27. The third-order valence-corrected chi connectivity index (χ3v) is 3.03. The standard InChI is InChI=1S/C16H22N2O/c1-4-8-12-11-14(17-5-2)13-9-7-10-15(19-6-3)16(13)18-12/h7,9-11H,4-6,8H2,1-3H3,(H,17,18). The number of nitrogens with one attached hydrogen (secondary N) is 1. The quantitative estimate of drug-likeness (QED) is 0.849. The molecule has 0 saturated carbocycles. The molecule has 19 heavy (non-hydrogen) atoms. The van der Waals surface area contributed by atoms with Gasteiger partial charge in [-0.05, 0) is 32.4 Å². The van der Waals surface area contributed by atoms with Gasteiger partial charge in [0.2, 0.25) is 0 Å². The van der Waals surface area contributed by atoms with Crippen LogP contribution < -0.4 is 10.1 Å². The molecular weight excluding hydrogens is 236 g/mol. The zero-order valence-corrected chi connectivity index (χ0v) is 12.0. The lowest BCUT2D eigenvalue weighted by molar-refractivity contribution is 0.343. The molecule has 1 aromatic heterocycles. The second-order valence-electron chi connectivity index (χ2n) is 4.53. The number of fused-ring (bicyclic) bond motifs is 1. The van der Waals surface area contributed by atoms with E-state index in [1.807, 2.05) is 19.1 Å². The number of nitrogens with zero attached hydrogens (tertiary/aromatic N) is 1. The first kappa shape index (κ1) is 13.7. The van der Waals surface area contributed by atoms with Crippen LogP contribution in [0.25, 0.3) is 10.9 Å². The van der Waals surface area contributed by atoms with Crippen LogP contribution in [0.3, 0.4) is 0 Å². The van der Waals surface area contributed by atoms with Crippen LogP contribution in [0.2, 0.25) is 0 Å². The van der Waals surface area contributed by atoms with Crippen LogP contribution in [0.15, 0.2) is 24.3 Å². The predicted octanol–water partition coefficient (Wildman–Crippen LogP) is 4.02. The van der Waals surface area contributed by atoms with Crippen LogP contribution in [0, 0.1) is 0 Å². The van der Waals surface area contributed by atoms with Crippen LogP contribution in [-0.2, 0) is 6.42 Å². The van der Waals surface area contributed by atoms with E-state index >= 15 is 0 Å². The summed E-state index contributed by atoms with van der Waals surface area (Å²) < 4.78 is 5.70. The molecule has 0 fully saturated rings. The molecule has 0 bridgehead atoms. The first-order valence-corrected chi connectivity index (χ1v) is 7.09. The van der Waals surface area contributed by atoms with Gasteiger partial charge >= 0.3 is 0 Å². The van der Waals surface area contributed by atoms with Gasteiger partial charge in [0.25, 0.3) is 0 Å². The molecule has 1 heterocycles. The van der Waals surface area contributed by atoms with Crippen molar-refractivity contribution in [2.24, 2.45) is 0 Å². The Balaban J connectivity index is 2.60. The molecule has 0 aliphatic carbocycles. The molecule has 3 heteroatoms. The summed E-state index contributed by atoms with van der Waals surface area (Å²) in [4.78, 5) is 4.76. The third-order valence-electron chi connectivity index (χ3n) is 3.03. The second-order valence-corrected chi connectivity index (χ2v) is 4.53. The van der Waals surface area contributed by atoms with Crippen LogP contribution >= 0.6 is 0 Å². The maximum atomic E-state index is 5.70. The minimum atomic E-state index is 0.662. The number of ether oxygens (including phenoxy) is 1. The molecule has 0 unspecified atom stereocenters. The summed E-state index contributed by atoms with van der Waals surface area (Å²) in [5.41, 5.74) is 3.24. The Morgan fingerprint density at radius 3 is 2.74 bits per heavy atom. The van der Waals surface area contributed by atoms with E-state index in [9.17, 15) is 0 Å². The summed E-state index contributed by atoms with van der Waals surface area (Å²) in [7, 11) is 0. The van der Waals surface area contributed by atoms with Crippen molar-refractivity contribution >= 4 is 16.6 Å². The lowest BCUT2D eigenvalue weighted by atomic mass is 10.1. The van der Waals surface area contributed by atoms with Crippen molar-refractivity contribution in [1.29, 1.82) is 0 Å². The van der Waals surface area contributed by atoms with Crippen molar-refractivity contribution in [3.63, 3.8) is 0 Å². The Morgan fingerprint density at radius 2 is 2.05 bits per heavy atom. The molecule has 2 rings (SSSR count).